The molecule has 0 spiro atoms. The van der Waals surface area contributed by atoms with Crippen LogP contribution in [0.15, 0.2) is 27.1 Å². The average Bonchev–Trinajstić information content (AvgIpc) is 3.12. The molecule has 3 nitrogen and oxygen atoms in total. The Kier molecular flexibility index (Phi) is 5.21. The van der Waals surface area contributed by atoms with Crippen LogP contribution in [-0.2, 0) is 0 Å². The van der Waals surface area contributed by atoms with E-state index < -0.39 is 0 Å². The molecule has 1 saturated carbocycles. The van der Waals surface area contributed by atoms with Gasteiger partial charge in [-0.2, -0.15) is 0 Å². The predicted molar refractivity (Wildman–Crippen MR) is 79.8 cm³/mol. The van der Waals surface area contributed by atoms with Gasteiger partial charge in [0, 0.05) is 21.5 Å². The zero-order valence-corrected chi connectivity index (χ0v) is 13.2. The van der Waals surface area contributed by atoms with Crippen molar-refractivity contribution in [1.29, 1.82) is 0 Å². The number of hydrogen-bond donors (Lipinski definition) is 2. The standard InChI is InChI=1S/C13H16Br2N2O/c14-9-2-5-11(12(15)8-9)13(18)17-7-1-6-16-10-3-4-10/h2,5,8,10,16H,1,3-4,6-7H2,(H,17,18). The van der Waals surface area contributed by atoms with E-state index in [0.29, 0.717) is 12.1 Å². The maximum Gasteiger partial charge on any atom is 0.252 e. The molecule has 0 bridgehead atoms. The van der Waals surface area contributed by atoms with Crippen molar-refractivity contribution >= 4 is 37.8 Å². The molecule has 2 N–H and O–H groups in total. The van der Waals surface area contributed by atoms with Crippen molar-refractivity contribution in [3.05, 3.63) is 32.7 Å². The molecule has 1 aliphatic carbocycles. The van der Waals surface area contributed by atoms with E-state index in [-0.39, 0.29) is 5.91 Å². The summed E-state index contributed by atoms with van der Waals surface area (Å²) in [5, 5.41) is 6.35. The molecule has 0 aromatic heterocycles. The maximum atomic E-state index is 11.9. The normalized spacial score (nSPS) is 14.6. The number of hydrogen-bond acceptors (Lipinski definition) is 2. The highest BCUT2D eigenvalue weighted by Gasteiger charge is 2.19. The van der Waals surface area contributed by atoms with Crippen LogP contribution < -0.4 is 10.6 Å². The summed E-state index contributed by atoms with van der Waals surface area (Å²) in [6.07, 6.45) is 3.58. The van der Waals surface area contributed by atoms with Crippen molar-refractivity contribution < 1.29 is 4.79 Å². The SMILES string of the molecule is O=C(NCCCNC1CC1)c1ccc(Br)cc1Br. The van der Waals surface area contributed by atoms with Gasteiger partial charge in [-0.3, -0.25) is 4.79 Å². The molecule has 18 heavy (non-hydrogen) atoms. The molecule has 0 radical (unpaired) electrons. The van der Waals surface area contributed by atoms with Crippen LogP contribution in [0, 0.1) is 0 Å². The van der Waals surface area contributed by atoms with Gasteiger partial charge >= 0.3 is 0 Å². The van der Waals surface area contributed by atoms with Gasteiger partial charge in [0.05, 0.1) is 5.56 Å². The zero-order valence-electron chi connectivity index (χ0n) is 10.0. The van der Waals surface area contributed by atoms with Crippen LogP contribution >= 0.6 is 31.9 Å². The van der Waals surface area contributed by atoms with Crippen molar-refractivity contribution in [2.24, 2.45) is 0 Å². The van der Waals surface area contributed by atoms with Crippen LogP contribution in [0.1, 0.15) is 29.6 Å². The largest absolute Gasteiger partial charge is 0.352 e. The first-order valence-electron chi connectivity index (χ1n) is 6.13. The fourth-order valence-electron chi connectivity index (χ4n) is 1.65. The van der Waals surface area contributed by atoms with Gasteiger partial charge in [0.1, 0.15) is 0 Å². The summed E-state index contributed by atoms with van der Waals surface area (Å²) in [6, 6.07) is 6.30. The highest BCUT2D eigenvalue weighted by atomic mass is 79.9. The van der Waals surface area contributed by atoms with Crippen molar-refractivity contribution in [3.8, 4) is 0 Å². The molecule has 98 valence electrons. The van der Waals surface area contributed by atoms with Crippen molar-refractivity contribution in [1.82, 2.24) is 10.6 Å². The first-order chi connectivity index (χ1) is 8.66. The lowest BCUT2D eigenvalue weighted by Gasteiger charge is -2.07. The summed E-state index contributed by atoms with van der Waals surface area (Å²) in [4.78, 5) is 11.9. The first-order valence-corrected chi connectivity index (χ1v) is 7.72. The fraction of sp³-hybridized carbons (Fsp3) is 0.462. The van der Waals surface area contributed by atoms with Gasteiger partial charge in [-0.05, 0) is 59.9 Å². The Labute approximate surface area is 124 Å². The van der Waals surface area contributed by atoms with Gasteiger partial charge in [0.15, 0.2) is 0 Å². The molecule has 0 aliphatic heterocycles. The number of rotatable bonds is 6. The maximum absolute atomic E-state index is 11.9. The Morgan fingerprint density at radius 1 is 1.28 bits per heavy atom. The van der Waals surface area contributed by atoms with E-state index in [9.17, 15) is 4.79 Å². The summed E-state index contributed by atoms with van der Waals surface area (Å²) < 4.78 is 1.77. The fourth-order valence-corrected chi connectivity index (χ4v) is 2.88. The lowest BCUT2D eigenvalue weighted by Crippen LogP contribution is -2.28. The molecule has 1 aromatic rings. The Bertz CT molecular complexity index is 433. The third kappa shape index (κ3) is 4.37. The minimum absolute atomic E-state index is 0.0270. The third-order valence-corrected chi connectivity index (χ3v) is 3.97. The average molecular weight is 376 g/mol. The van der Waals surface area contributed by atoms with E-state index in [4.69, 9.17) is 0 Å². The molecular weight excluding hydrogens is 360 g/mol. The molecule has 0 saturated heterocycles. The highest BCUT2D eigenvalue weighted by Crippen LogP contribution is 2.21. The van der Waals surface area contributed by atoms with E-state index in [1.54, 1.807) is 0 Å². The second kappa shape index (κ2) is 6.68. The van der Waals surface area contributed by atoms with Gasteiger partial charge in [-0.1, -0.05) is 15.9 Å². The number of carbonyl (C=O) groups is 1. The molecule has 0 heterocycles. The van der Waals surface area contributed by atoms with E-state index in [2.05, 4.69) is 42.5 Å². The van der Waals surface area contributed by atoms with Crippen LogP contribution in [0.5, 0.6) is 0 Å². The highest BCUT2D eigenvalue weighted by molar-refractivity contribution is 9.11. The van der Waals surface area contributed by atoms with Crippen LogP contribution in [0.2, 0.25) is 0 Å². The van der Waals surface area contributed by atoms with Crippen LogP contribution in [0.4, 0.5) is 0 Å². The molecule has 1 amide bonds. The molecule has 1 aromatic carbocycles. The Balaban J connectivity index is 1.72. The molecule has 0 atom stereocenters. The Morgan fingerprint density at radius 3 is 2.72 bits per heavy atom. The minimum atomic E-state index is -0.0270. The third-order valence-electron chi connectivity index (χ3n) is 2.83. The van der Waals surface area contributed by atoms with Crippen molar-refractivity contribution in [2.45, 2.75) is 25.3 Å². The van der Waals surface area contributed by atoms with Crippen LogP contribution in [0.3, 0.4) is 0 Å². The summed E-state index contributed by atoms with van der Waals surface area (Å²) in [6.45, 7) is 1.69. The van der Waals surface area contributed by atoms with Gasteiger partial charge in [0.25, 0.3) is 5.91 Å². The Hall–Kier alpha value is -0.390. The summed E-state index contributed by atoms with van der Waals surface area (Å²) >= 11 is 6.76. The minimum Gasteiger partial charge on any atom is -0.352 e. The quantitative estimate of drug-likeness (QED) is 0.750. The molecule has 1 aliphatic rings. The zero-order chi connectivity index (χ0) is 13.0. The first kappa shape index (κ1) is 14.0. The lowest BCUT2D eigenvalue weighted by molar-refractivity contribution is 0.0952. The van der Waals surface area contributed by atoms with Gasteiger partial charge in [-0.25, -0.2) is 0 Å². The predicted octanol–water partition coefficient (Wildman–Crippen LogP) is 3.08. The molecule has 0 unspecified atom stereocenters. The van der Waals surface area contributed by atoms with Gasteiger partial charge in [-0.15, -0.1) is 0 Å². The van der Waals surface area contributed by atoms with E-state index in [0.717, 1.165) is 28.0 Å². The lowest BCUT2D eigenvalue weighted by atomic mass is 10.2. The number of halogens is 2. The molecule has 2 rings (SSSR count). The van der Waals surface area contributed by atoms with E-state index in [1.807, 2.05) is 18.2 Å². The second-order valence-corrected chi connectivity index (χ2v) is 6.23. The van der Waals surface area contributed by atoms with E-state index >= 15 is 0 Å². The van der Waals surface area contributed by atoms with Crippen molar-refractivity contribution in [2.75, 3.05) is 13.1 Å². The van der Waals surface area contributed by atoms with E-state index in [1.165, 1.54) is 12.8 Å². The molecular formula is C13H16Br2N2O. The molecule has 5 heteroatoms. The topological polar surface area (TPSA) is 41.1 Å². The van der Waals surface area contributed by atoms with Crippen molar-refractivity contribution in [3.63, 3.8) is 0 Å². The monoisotopic (exact) mass is 374 g/mol. The number of carbonyl (C=O) groups excluding carboxylic acids is 1. The number of amides is 1. The van der Waals surface area contributed by atoms with Crippen LogP contribution in [-0.4, -0.2) is 25.0 Å². The number of benzene rings is 1. The number of nitrogens with one attached hydrogen (secondary N) is 2. The Morgan fingerprint density at radius 2 is 2.06 bits per heavy atom. The van der Waals surface area contributed by atoms with Gasteiger partial charge in [0.2, 0.25) is 0 Å². The smallest absolute Gasteiger partial charge is 0.252 e. The molecule has 1 fully saturated rings. The second-order valence-electron chi connectivity index (χ2n) is 4.46. The summed E-state index contributed by atoms with van der Waals surface area (Å²) in [5.74, 6) is -0.0270. The summed E-state index contributed by atoms with van der Waals surface area (Å²) in [7, 11) is 0. The van der Waals surface area contributed by atoms with Gasteiger partial charge < -0.3 is 10.6 Å². The summed E-state index contributed by atoms with van der Waals surface area (Å²) in [5.41, 5.74) is 0.674. The van der Waals surface area contributed by atoms with Crippen LogP contribution in [0.25, 0.3) is 0 Å².